The summed E-state index contributed by atoms with van der Waals surface area (Å²) in [6, 6.07) is 0.619. The lowest BCUT2D eigenvalue weighted by Gasteiger charge is -2.41. The average Bonchev–Trinajstić information content (AvgIpc) is 2.27. The fourth-order valence-corrected chi connectivity index (χ4v) is 3.31. The summed E-state index contributed by atoms with van der Waals surface area (Å²) in [5.74, 6) is 1.81. The maximum absolute atomic E-state index is 3.84. The molecule has 2 unspecified atom stereocenters. The van der Waals surface area contributed by atoms with Crippen LogP contribution in [0.2, 0.25) is 0 Å². The van der Waals surface area contributed by atoms with Crippen LogP contribution in [0.4, 0.5) is 0 Å². The minimum Gasteiger partial charge on any atom is -0.314 e. The van der Waals surface area contributed by atoms with E-state index < -0.39 is 0 Å². The highest BCUT2D eigenvalue weighted by Crippen LogP contribution is 2.43. The Balaban J connectivity index is 2.48. The second-order valence-corrected chi connectivity index (χ2v) is 7.21. The predicted molar refractivity (Wildman–Crippen MR) is 81.8 cm³/mol. The molecule has 18 heavy (non-hydrogen) atoms. The van der Waals surface area contributed by atoms with E-state index in [0.29, 0.717) is 11.5 Å². The van der Waals surface area contributed by atoms with Crippen molar-refractivity contribution in [1.29, 1.82) is 0 Å². The van der Waals surface area contributed by atoms with Gasteiger partial charge in [0, 0.05) is 6.04 Å². The molecule has 2 atom stereocenters. The Hall–Kier alpha value is -0.300. The first-order chi connectivity index (χ1) is 8.44. The summed E-state index contributed by atoms with van der Waals surface area (Å²) in [5.41, 5.74) is 0.563. The lowest BCUT2D eigenvalue weighted by molar-refractivity contribution is 0.107. The molecular weight excluding hydrogens is 218 g/mol. The van der Waals surface area contributed by atoms with Gasteiger partial charge in [-0.1, -0.05) is 33.8 Å². The molecule has 0 amide bonds. The minimum atomic E-state index is 0.563. The Morgan fingerprint density at radius 2 is 2.06 bits per heavy atom. The maximum atomic E-state index is 3.84. The third-order valence-corrected chi connectivity index (χ3v) is 4.44. The molecular formula is C17H33N. The number of nitrogens with one attached hydrogen (secondary N) is 1. The van der Waals surface area contributed by atoms with Gasteiger partial charge < -0.3 is 5.32 Å². The van der Waals surface area contributed by atoms with E-state index in [1.807, 2.05) is 0 Å². The number of unbranched alkanes of at least 4 members (excludes halogenated alkanes) is 1. The molecule has 1 nitrogen and oxygen atoms in total. The fraction of sp³-hybridized carbons (Fsp3) is 0.882. The first kappa shape index (κ1) is 15.8. The summed E-state index contributed by atoms with van der Waals surface area (Å²) in [5, 5.41) is 3.64. The number of hydrogen-bond donors (Lipinski definition) is 1. The summed E-state index contributed by atoms with van der Waals surface area (Å²) < 4.78 is 0. The molecule has 0 spiro atoms. The van der Waals surface area contributed by atoms with Gasteiger partial charge in [0.1, 0.15) is 0 Å². The van der Waals surface area contributed by atoms with Gasteiger partial charge in [-0.05, 0) is 62.3 Å². The number of hydrogen-bond acceptors (Lipinski definition) is 1. The zero-order valence-electron chi connectivity index (χ0n) is 13.0. The van der Waals surface area contributed by atoms with Gasteiger partial charge in [-0.3, -0.25) is 0 Å². The van der Waals surface area contributed by atoms with Gasteiger partial charge in [0.2, 0.25) is 0 Å². The van der Waals surface area contributed by atoms with E-state index in [1.165, 1.54) is 45.1 Å². The Bertz CT molecular complexity index is 240. The SMILES string of the molecule is C=CCCCC1CC(C)(C)CCC1CNC(C)C. The summed E-state index contributed by atoms with van der Waals surface area (Å²) >= 11 is 0. The van der Waals surface area contributed by atoms with Gasteiger partial charge in [-0.25, -0.2) is 0 Å². The molecule has 0 aromatic heterocycles. The van der Waals surface area contributed by atoms with E-state index in [9.17, 15) is 0 Å². The van der Waals surface area contributed by atoms with E-state index in [2.05, 4.69) is 45.7 Å². The molecule has 0 saturated heterocycles. The minimum absolute atomic E-state index is 0.563. The van der Waals surface area contributed by atoms with Crippen molar-refractivity contribution in [3.8, 4) is 0 Å². The molecule has 0 heterocycles. The average molecular weight is 251 g/mol. The Labute approximate surface area is 114 Å². The summed E-state index contributed by atoms with van der Waals surface area (Å²) in [4.78, 5) is 0. The van der Waals surface area contributed by atoms with Crippen LogP contribution in [0.25, 0.3) is 0 Å². The van der Waals surface area contributed by atoms with E-state index >= 15 is 0 Å². The Morgan fingerprint density at radius 1 is 1.33 bits per heavy atom. The standard InChI is InChI=1S/C17H33N/c1-6-7-8-9-15-12-17(4,5)11-10-16(15)13-18-14(2)3/h6,14-16,18H,1,7-13H2,2-5H3. The normalized spacial score (nSPS) is 27.4. The van der Waals surface area contributed by atoms with Crippen molar-refractivity contribution in [2.75, 3.05) is 6.54 Å². The molecule has 1 saturated carbocycles. The van der Waals surface area contributed by atoms with Gasteiger partial charge in [0.25, 0.3) is 0 Å². The topological polar surface area (TPSA) is 12.0 Å². The fourth-order valence-electron chi connectivity index (χ4n) is 3.31. The molecule has 1 aliphatic carbocycles. The monoisotopic (exact) mass is 251 g/mol. The van der Waals surface area contributed by atoms with Gasteiger partial charge in [-0.2, -0.15) is 0 Å². The lowest BCUT2D eigenvalue weighted by atomic mass is 9.66. The third kappa shape index (κ3) is 5.56. The van der Waals surface area contributed by atoms with Crippen molar-refractivity contribution in [2.45, 2.75) is 72.3 Å². The van der Waals surface area contributed by atoms with Gasteiger partial charge >= 0.3 is 0 Å². The van der Waals surface area contributed by atoms with E-state index in [-0.39, 0.29) is 0 Å². The quantitative estimate of drug-likeness (QED) is 0.507. The molecule has 0 aliphatic heterocycles. The molecule has 1 fully saturated rings. The van der Waals surface area contributed by atoms with Crippen molar-refractivity contribution < 1.29 is 0 Å². The summed E-state index contributed by atoms with van der Waals surface area (Å²) in [6.07, 6.45) is 10.2. The lowest BCUT2D eigenvalue weighted by Crippen LogP contribution is -2.38. The second kappa shape index (κ2) is 7.33. The van der Waals surface area contributed by atoms with Crippen LogP contribution in [0.15, 0.2) is 12.7 Å². The van der Waals surface area contributed by atoms with Crippen LogP contribution in [0.3, 0.4) is 0 Å². The molecule has 1 heteroatoms. The largest absolute Gasteiger partial charge is 0.314 e. The van der Waals surface area contributed by atoms with E-state index in [1.54, 1.807) is 0 Å². The predicted octanol–water partition coefficient (Wildman–Crippen LogP) is 4.78. The molecule has 0 radical (unpaired) electrons. The van der Waals surface area contributed by atoms with Gasteiger partial charge in [0.15, 0.2) is 0 Å². The van der Waals surface area contributed by atoms with Crippen LogP contribution >= 0.6 is 0 Å². The second-order valence-electron chi connectivity index (χ2n) is 7.21. The van der Waals surface area contributed by atoms with E-state index in [4.69, 9.17) is 0 Å². The van der Waals surface area contributed by atoms with E-state index in [0.717, 1.165) is 11.8 Å². The third-order valence-electron chi connectivity index (χ3n) is 4.44. The van der Waals surface area contributed by atoms with Crippen molar-refractivity contribution in [3.63, 3.8) is 0 Å². The molecule has 0 aromatic carbocycles. The molecule has 1 rings (SSSR count). The van der Waals surface area contributed by atoms with Crippen molar-refractivity contribution in [1.82, 2.24) is 5.32 Å². The van der Waals surface area contributed by atoms with Crippen LogP contribution in [-0.4, -0.2) is 12.6 Å². The van der Waals surface area contributed by atoms with Crippen LogP contribution < -0.4 is 5.32 Å². The number of allylic oxidation sites excluding steroid dienone is 1. The molecule has 0 aromatic rings. The molecule has 1 N–H and O–H groups in total. The molecule has 106 valence electrons. The van der Waals surface area contributed by atoms with Crippen LogP contribution in [0.1, 0.15) is 66.2 Å². The Morgan fingerprint density at radius 3 is 2.67 bits per heavy atom. The highest BCUT2D eigenvalue weighted by atomic mass is 14.9. The molecule has 0 bridgehead atoms. The zero-order chi connectivity index (χ0) is 13.6. The highest BCUT2D eigenvalue weighted by molar-refractivity contribution is 4.86. The maximum Gasteiger partial charge on any atom is 0.00104 e. The Kier molecular flexibility index (Phi) is 6.42. The van der Waals surface area contributed by atoms with Crippen molar-refractivity contribution >= 4 is 0 Å². The van der Waals surface area contributed by atoms with Crippen molar-refractivity contribution in [2.24, 2.45) is 17.3 Å². The van der Waals surface area contributed by atoms with Crippen LogP contribution in [0.5, 0.6) is 0 Å². The first-order valence-corrected chi connectivity index (χ1v) is 7.79. The van der Waals surface area contributed by atoms with Gasteiger partial charge in [0.05, 0.1) is 0 Å². The van der Waals surface area contributed by atoms with Crippen LogP contribution in [0, 0.1) is 17.3 Å². The summed E-state index contributed by atoms with van der Waals surface area (Å²) in [6.45, 7) is 14.4. The highest BCUT2D eigenvalue weighted by Gasteiger charge is 2.34. The van der Waals surface area contributed by atoms with Gasteiger partial charge in [-0.15, -0.1) is 6.58 Å². The molecule has 1 aliphatic rings. The first-order valence-electron chi connectivity index (χ1n) is 7.79. The van der Waals surface area contributed by atoms with Crippen molar-refractivity contribution in [3.05, 3.63) is 12.7 Å². The zero-order valence-corrected chi connectivity index (χ0v) is 13.0. The summed E-state index contributed by atoms with van der Waals surface area (Å²) in [7, 11) is 0. The smallest absolute Gasteiger partial charge is 0.00104 e. The number of rotatable bonds is 7. The van der Waals surface area contributed by atoms with Crippen LogP contribution in [-0.2, 0) is 0 Å².